The number of ether oxygens (including phenoxy) is 1. The first-order valence-electron chi connectivity index (χ1n) is 6.12. The summed E-state index contributed by atoms with van der Waals surface area (Å²) in [6.45, 7) is 3.80. The molecular formula is C14H14BrN3O2. The van der Waals surface area contributed by atoms with E-state index in [9.17, 15) is 4.79 Å². The second-order valence-electron chi connectivity index (χ2n) is 4.32. The van der Waals surface area contributed by atoms with Crippen molar-refractivity contribution in [3.05, 3.63) is 46.8 Å². The van der Waals surface area contributed by atoms with Gasteiger partial charge >= 0.3 is 0 Å². The lowest BCUT2D eigenvalue weighted by molar-refractivity contribution is 0.102. The summed E-state index contributed by atoms with van der Waals surface area (Å²) in [5, 5.41) is 2.75. The minimum Gasteiger partial charge on any atom is -0.473 e. The summed E-state index contributed by atoms with van der Waals surface area (Å²) < 4.78 is 6.16. The zero-order valence-electron chi connectivity index (χ0n) is 11.1. The van der Waals surface area contributed by atoms with E-state index in [1.807, 2.05) is 13.8 Å². The van der Waals surface area contributed by atoms with Gasteiger partial charge in [0.05, 0.1) is 6.10 Å². The predicted molar refractivity (Wildman–Crippen MR) is 79.9 cm³/mol. The molecule has 1 N–H and O–H groups in total. The summed E-state index contributed by atoms with van der Waals surface area (Å²) in [4.78, 5) is 20.3. The Labute approximate surface area is 125 Å². The first-order valence-corrected chi connectivity index (χ1v) is 6.91. The molecule has 0 aliphatic heterocycles. The third kappa shape index (κ3) is 3.77. The fraction of sp³-hybridized carbons (Fsp3) is 0.214. The molecule has 2 aromatic heterocycles. The number of hydrogen-bond donors (Lipinski definition) is 1. The van der Waals surface area contributed by atoms with Crippen molar-refractivity contribution in [2.45, 2.75) is 20.0 Å². The average molecular weight is 336 g/mol. The zero-order chi connectivity index (χ0) is 14.5. The van der Waals surface area contributed by atoms with Crippen LogP contribution in [0, 0.1) is 0 Å². The van der Waals surface area contributed by atoms with Crippen molar-refractivity contribution in [2.24, 2.45) is 0 Å². The second-order valence-corrected chi connectivity index (χ2v) is 5.13. The van der Waals surface area contributed by atoms with Gasteiger partial charge in [-0.3, -0.25) is 4.79 Å². The third-order valence-electron chi connectivity index (χ3n) is 2.31. The van der Waals surface area contributed by atoms with Gasteiger partial charge in [0.2, 0.25) is 5.88 Å². The van der Waals surface area contributed by atoms with Gasteiger partial charge in [-0.25, -0.2) is 9.97 Å². The SMILES string of the molecule is CC(C)Oc1ncccc1NC(=O)c1cccc(Br)n1. The summed E-state index contributed by atoms with van der Waals surface area (Å²) in [6.07, 6.45) is 1.59. The van der Waals surface area contributed by atoms with Crippen molar-refractivity contribution in [1.29, 1.82) is 0 Å². The molecule has 0 unspecified atom stereocenters. The van der Waals surface area contributed by atoms with Crippen LogP contribution >= 0.6 is 15.9 Å². The van der Waals surface area contributed by atoms with Crippen LogP contribution in [0.25, 0.3) is 0 Å². The van der Waals surface area contributed by atoms with Crippen LogP contribution in [0.5, 0.6) is 5.88 Å². The number of carbonyl (C=O) groups is 1. The molecule has 0 fully saturated rings. The fourth-order valence-electron chi connectivity index (χ4n) is 1.52. The Morgan fingerprint density at radius 3 is 2.80 bits per heavy atom. The molecule has 104 valence electrons. The molecule has 0 radical (unpaired) electrons. The molecule has 0 saturated heterocycles. The Hall–Kier alpha value is -1.95. The Morgan fingerprint density at radius 2 is 2.10 bits per heavy atom. The first kappa shape index (κ1) is 14.5. The summed E-state index contributed by atoms with van der Waals surface area (Å²) >= 11 is 3.23. The molecule has 20 heavy (non-hydrogen) atoms. The number of carbonyl (C=O) groups excluding carboxylic acids is 1. The highest BCUT2D eigenvalue weighted by atomic mass is 79.9. The third-order valence-corrected chi connectivity index (χ3v) is 2.76. The number of amides is 1. The van der Waals surface area contributed by atoms with E-state index in [-0.39, 0.29) is 12.0 Å². The molecule has 0 aliphatic rings. The number of aromatic nitrogens is 2. The number of nitrogens with zero attached hydrogens (tertiary/aromatic N) is 2. The van der Waals surface area contributed by atoms with Gasteiger partial charge in [0.15, 0.2) is 0 Å². The highest BCUT2D eigenvalue weighted by Crippen LogP contribution is 2.22. The van der Waals surface area contributed by atoms with E-state index in [0.717, 1.165) is 0 Å². The van der Waals surface area contributed by atoms with E-state index < -0.39 is 0 Å². The number of pyridine rings is 2. The summed E-state index contributed by atoms with van der Waals surface area (Å²) in [5.74, 6) is 0.0822. The first-order chi connectivity index (χ1) is 9.56. The Kier molecular flexibility index (Phi) is 4.68. The van der Waals surface area contributed by atoms with Crippen LogP contribution in [0.1, 0.15) is 24.3 Å². The van der Waals surface area contributed by atoms with Gasteiger partial charge in [-0.05, 0) is 54.0 Å². The number of halogens is 1. The average Bonchev–Trinajstić information content (AvgIpc) is 2.40. The molecule has 0 saturated carbocycles. The lowest BCUT2D eigenvalue weighted by Gasteiger charge is -2.13. The van der Waals surface area contributed by atoms with Crippen molar-refractivity contribution in [2.75, 3.05) is 5.32 Å². The second kappa shape index (κ2) is 6.47. The molecule has 1 amide bonds. The quantitative estimate of drug-likeness (QED) is 0.871. The molecule has 2 aromatic rings. The normalized spacial score (nSPS) is 10.4. The van der Waals surface area contributed by atoms with E-state index in [1.54, 1.807) is 36.5 Å². The maximum Gasteiger partial charge on any atom is 0.274 e. The monoisotopic (exact) mass is 335 g/mol. The molecule has 0 aliphatic carbocycles. The Balaban J connectivity index is 2.19. The van der Waals surface area contributed by atoms with Crippen LogP contribution in [0.3, 0.4) is 0 Å². The standard InChI is InChI=1S/C14H14BrN3O2/c1-9(2)20-14-11(6-4-8-16-14)18-13(19)10-5-3-7-12(15)17-10/h3-9H,1-2H3,(H,18,19). The molecule has 0 bridgehead atoms. The van der Waals surface area contributed by atoms with Crippen LogP contribution in [0.2, 0.25) is 0 Å². The molecule has 5 nitrogen and oxygen atoms in total. The number of rotatable bonds is 4. The lowest BCUT2D eigenvalue weighted by Crippen LogP contribution is -2.16. The number of hydrogen-bond acceptors (Lipinski definition) is 4. The van der Waals surface area contributed by atoms with Crippen molar-refractivity contribution in [3.8, 4) is 5.88 Å². The van der Waals surface area contributed by atoms with E-state index in [4.69, 9.17) is 4.74 Å². The van der Waals surface area contributed by atoms with Crippen LogP contribution < -0.4 is 10.1 Å². The highest BCUT2D eigenvalue weighted by Gasteiger charge is 2.12. The molecule has 2 heterocycles. The van der Waals surface area contributed by atoms with Gasteiger partial charge in [-0.2, -0.15) is 0 Å². The Morgan fingerprint density at radius 1 is 1.30 bits per heavy atom. The van der Waals surface area contributed by atoms with Gasteiger partial charge in [-0.1, -0.05) is 6.07 Å². The maximum atomic E-state index is 12.1. The van der Waals surface area contributed by atoms with Gasteiger partial charge in [0.1, 0.15) is 16.0 Å². The zero-order valence-corrected chi connectivity index (χ0v) is 12.7. The smallest absolute Gasteiger partial charge is 0.274 e. The van der Waals surface area contributed by atoms with Crippen LogP contribution in [-0.2, 0) is 0 Å². The largest absolute Gasteiger partial charge is 0.473 e. The van der Waals surface area contributed by atoms with E-state index >= 15 is 0 Å². The van der Waals surface area contributed by atoms with Crippen molar-refractivity contribution in [1.82, 2.24) is 9.97 Å². The van der Waals surface area contributed by atoms with Crippen molar-refractivity contribution >= 4 is 27.5 Å². The molecular weight excluding hydrogens is 322 g/mol. The molecule has 6 heteroatoms. The van der Waals surface area contributed by atoms with Gasteiger partial charge in [0.25, 0.3) is 5.91 Å². The number of nitrogens with one attached hydrogen (secondary N) is 1. The minimum absolute atomic E-state index is 0.0236. The fourth-order valence-corrected chi connectivity index (χ4v) is 1.87. The maximum absolute atomic E-state index is 12.1. The minimum atomic E-state index is -0.312. The van der Waals surface area contributed by atoms with Gasteiger partial charge < -0.3 is 10.1 Å². The van der Waals surface area contributed by atoms with Crippen LogP contribution in [0.15, 0.2) is 41.1 Å². The van der Waals surface area contributed by atoms with Gasteiger partial charge in [0, 0.05) is 6.20 Å². The molecule has 2 rings (SSSR count). The molecule has 0 spiro atoms. The van der Waals surface area contributed by atoms with Crippen LogP contribution in [-0.4, -0.2) is 22.0 Å². The molecule has 0 atom stereocenters. The molecule has 0 aromatic carbocycles. The van der Waals surface area contributed by atoms with E-state index in [0.29, 0.717) is 21.9 Å². The Bertz CT molecular complexity index is 617. The highest BCUT2D eigenvalue weighted by molar-refractivity contribution is 9.10. The lowest BCUT2D eigenvalue weighted by atomic mass is 10.3. The summed E-state index contributed by atoms with van der Waals surface area (Å²) in [6, 6.07) is 8.62. The van der Waals surface area contributed by atoms with E-state index in [2.05, 4.69) is 31.2 Å². The predicted octanol–water partition coefficient (Wildman–Crippen LogP) is 3.28. The summed E-state index contributed by atoms with van der Waals surface area (Å²) in [5.41, 5.74) is 0.840. The summed E-state index contributed by atoms with van der Waals surface area (Å²) in [7, 11) is 0. The van der Waals surface area contributed by atoms with Crippen molar-refractivity contribution < 1.29 is 9.53 Å². The van der Waals surface area contributed by atoms with Gasteiger partial charge in [-0.15, -0.1) is 0 Å². The van der Waals surface area contributed by atoms with Crippen molar-refractivity contribution in [3.63, 3.8) is 0 Å². The topological polar surface area (TPSA) is 64.1 Å². The number of anilines is 1. The van der Waals surface area contributed by atoms with E-state index in [1.165, 1.54) is 0 Å². The van der Waals surface area contributed by atoms with Crippen LogP contribution in [0.4, 0.5) is 5.69 Å².